The van der Waals surface area contributed by atoms with E-state index >= 15 is 0 Å². The van der Waals surface area contributed by atoms with E-state index in [2.05, 4.69) is 15.3 Å². The standard InChI is InChI=1S/C15H15Cl2N5O2/c1-2-22(15(24)13-14(18)20-7-6-19-13)8-11(23)21-12-9(16)4-3-5-10(12)17/h3-7H,2,8H2,1H3,(H2,18,20)(H,21,23). The molecule has 0 unspecified atom stereocenters. The highest BCUT2D eigenvalue weighted by Crippen LogP contribution is 2.29. The molecule has 9 heteroatoms. The molecule has 126 valence electrons. The number of anilines is 2. The minimum Gasteiger partial charge on any atom is -0.382 e. The summed E-state index contributed by atoms with van der Waals surface area (Å²) < 4.78 is 0. The summed E-state index contributed by atoms with van der Waals surface area (Å²) in [7, 11) is 0. The van der Waals surface area contributed by atoms with Crippen molar-refractivity contribution in [2.24, 2.45) is 0 Å². The van der Waals surface area contributed by atoms with E-state index in [1.165, 1.54) is 17.3 Å². The van der Waals surface area contributed by atoms with Crippen LogP contribution >= 0.6 is 23.2 Å². The number of nitrogen functional groups attached to an aromatic ring is 1. The largest absolute Gasteiger partial charge is 0.382 e. The van der Waals surface area contributed by atoms with E-state index in [0.717, 1.165) is 0 Å². The fraction of sp³-hybridized carbons (Fsp3) is 0.200. The van der Waals surface area contributed by atoms with Gasteiger partial charge in [-0.3, -0.25) is 9.59 Å². The lowest BCUT2D eigenvalue weighted by Gasteiger charge is -2.20. The van der Waals surface area contributed by atoms with E-state index in [1.54, 1.807) is 25.1 Å². The van der Waals surface area contributed by atoms with Crippen LogP contribution in [-0.2, 0) is 4.79 Å². The van der Waals surface area contributed by atoms with Gasteiger partial charge in [-0.2, -0.15) is 0 Å². The first-order valence-electron chi connectivity index (χ1n) is 7.03. The van der Waals surface area contributed by atoms with Crippen molar-refractivity contribution in [3.63, 3.8) is 0 Å². The number of carbonyl (C=O) groups excluding carboxylic acids is 2. The smallest absolute Gasteiger partial charge is 0.276 e. The van der Waals surface area contributed by atoms with E-state index in [4.69, 9.17) is 28.9 Å². The third-order valence-electron chi connectivity index (χ3n) is 3.16. The van der Waals surface area contributed by atoms with Gasteiger partial charge in [0, 0.05) is 18.9 Å². The lowest BCUT2D eigenvalue weighted by molar-refractivity contribution is -0.116. The molecule has 1 heterocycles. The van der Waals surface area contributed by atoms with Gasteiger partial charge in [0.25, 0.3) is 5.91 Å². The van der Waals surface area contributed by atoms with Crippen LogP contribution in [0.1, 0.15) is 17.4 Å². The molecule has 2 rings (SSSR count). The SMILES string of the molecule is CCN(CC(=O)Nc1c(Cl)cccc1Cl)C(=O)c1nccnc1N. The first-order chi connectivity index (χ1) is 11.4. The minimum atomic E-state index is -0.483. The number of nitrogens with one attached hydrogen (secondary N) is 1. The molecule has 1 aromatic heterocycles. The van der Waals surface area contributed by atoms with Crippen molar-refractivity contribution in [3.8, 4) is 0 Å². The van der Waals surface area contributed by atoms with Gasteiger partial charge in [-0.1, -0.05) is 29.3 Å². The molecular formula is C15H15Cl2N5O2. The van der Waals surface area contributed by atoms with E-state index in [0.29, 0.717) is 22.3 Å². The lowest BCUT2D eigenvalue weighted by Crippen LogP contribution is -2.38. The molecule has 0 saturated heterocycles. The number of hydrogen-bond donors (Lipinski definition) is 2. The van der Waals surface area contributed by atoms with Crippen molar-refractivity contribution >= 4 is 46.5 Å². The fourth-order valence-electron chi connectivity index (χ4n) is 1.96. The van der Waals surface area contributed by atoms with Crippen LogP contribution in [0.5, 0.6) is 0 Å². The average Bonchev–Trinajstić information content (AvgIpc) is 2.56. The van der Waals surface area contributed by atoms with Crippen LogP contribution in [0, 0.1) is 0 Å². The van der Waals surface area contributed by atoms with Crippen molar-refractivity contribution in [3.05, 3.63) is 46.3 Å². The molecule has 2 aromatic rings. The molecule has 0 saturated carbocycles. The van der Waals surface area contributed by atoms with Gasteiger partial charge in [0.2, 0.25) is 5.91 Å². The van der Waals surface area contributed by atoms with Gasteiger partial charge in [0.15, 0.2) is 11.5 Å². The van der Waals surface area contributed by atoms with Crippen LogP contribution in [-0.4, -0.2) is 39.8 Å². The fourth-order valence-corrected chi connectivity index (χ4v) is 2.45. The Kier molecular flexibility index (Phi) is 5.94. The Bertz CT molecular complexity index is 749. The zero-order chi connectivity index (χ0) is 17.7. The number of likely N-dealkylation sites (N-methyl/N-ethyl adjacent to an activating group) is 1. The van der Waals surface area contributed by atoms with Gasteiger partial charge in [0.1, 0.15) is 6.54 Å². The number of rotatable bonds is 5. The number of amides is 2. The van der Waals surface area contributed by atoms with Crippen molar-refractivity contribution in [1.29, 1.82) is 0 Å². The Morgan fingerprint density at radius 1 is 1.21 bits per heavy atom. The molecule has 0 aliphatic rings. The molecule has 0 radical (unpaired) electrons. The molecule has 24 heavy (non-hydrogen) atoms. The van der Waals surface area contributed by atoms with Crippen LogP contribution in [0.4, 0.5) is 11.5 Å². The van der Waals surface area contributed by atoms with Crippen molar-refractivity contribution < 1.29 is 9.59 Å². The van der Waals surface area contributed by atoms with Crippen molar-refractivity contribution in [2.45, 2.75) is 6.92 Å². The molecule has 0 aliphatic carbocycles. The molecule has 0 fully saturated rings. The van der Waals surface area contributed by atoms with Crippen LogP contribution in [0.2, 0.25) is 10.0 Å². The van der Waals surface area contributed by atoms with Crippen LogP contribution in [0.3, 0.4) is 0 Å². The number of nitrogens with two attached hydrogens (primary N) is 1. The first-order valence-corrected chi connectivity index (χ1v) is 7.79. The second-order valence-electron chi connectivity index (χ2n) is 4.75. The van der Waals surface area contributed by atoms with Gasteiger partial charge in [0.05, 0.1) is 15.7 Å². The van der Waals surface area contributed by atoms with Crippen molar-refractivity contribution in [2.75, 3.05) is 24.1 Å². The van der Waals surface area contributed by atoms with E-state index in [1.807, 2.05) is 0 Å². The quantitative estimate of drug-likeness (QED) is 0.844. The van der Waals surface area contributed by atoms with Gasteiger partial charge < -0.3 is 16.0 Å². The molecule has 1 aromatic carbocycles. The van der Waals surface area contributed by atoms with E-state index in [9.17, 15) is 9.59 Å². The maximum absolute atomic E-state index is 12.4. The summed E-state index contributed by atoms with van der Waals surface area (Å²) in [6.45, 7) is 1.83. The summed E-state index contributed by atoms with van der Waals surface area (Å²) in [5, 5.41) is 3.22. The van der Waals surface area contributed by atoms with E-state index in [-0.39, 0.29) is 18.1 Å². The third kappa shape index (κ3) is 4.12. The number of nitrogens with zero attached hydrogens (tertiary/aromatic N) is 3. The molecule has 2 amide bonds. The molecule has 7 nitrogen and oxygen atoms in total. The predicted octanol–water partition coefficient (Wildman–Crippen LogP) is 2.47. The van der Waals surface area contributed by atoms with Gasteiger partial charge in [-0.15, -0.1) is 0 Å². The normalized spacial score (nSPS) is 10.3. The molecule has 0 aliphatic heterocycles. The summed E-state index contributed by atoms with van der Waals surface area (Å²) in [4.78, 5) is 33.7. The maximum Gasteiger partial charge on any atom is 0.276 e. The second-order valence-corrected chi connectivity index (χ2v) is 5.57. The highest BCUT2D eigenvalue weighted by molar-refractivity contribution is 6.39. The highest BCUT2D eigenvalue weighted by Gasteiger charge is 2.21. The highest BCUT2D eigenvalue weighted by atomic mass is 35.5. The average molecular weight is 368 g/mol. The van der Waals surface area contributed by atoms with Crippen LogP contribution in [0.25, 0.3) is 0 Å². The minimum absolute atomic E-state index is 0.00271. The summed E-state index contributed by atoms with van der Waals surface area (Å²) in [6.07, 6.45) is 2.75. The molecule has 0 bridgehead atoms. The number of para-hydroxylation sites is 1. The maximum atomic E-state index is 12.4. The Balaban J connectivity index is 2.11. The Hall–Kier alpha value is -2.38. The number of hydrogen-bond acceptors (Lipinski definition) is 5. The number of carbonyl (C=O) groups is 2. The first kappa shape index (κ1) is 18.0. The van der Waals surface area contributed by atoms with E-state index < -0.39 is 11.8 Å². The summed E-state index contributed by atoms with van der Waals surface area (Å²) in [6, 6.07) is 4.87. The Morgan fingerprint density at radius 2 is 1.83 bits per heavy atom. The van der Waals surface area contributed by atoms with Crippen LogP contribution in [0.15, 0.2) is 30.6 Å². The zero-order valence-corrected chi connectivity index (χ0v) is 14.3. The summed E-state index contributed by atoms with van der Waals surface area (Å²) >= 11 is 12.0. The Morgan fingerprint density at radius 3 is 2.42 bits per heavy atom. The van der Waals surface area contributed by atoms with Gasteiger partial charge >= 0.3 is 0 Å². The lowest BCUT2D eigenvalue weighted by atomic mass is 10.3. The predicted molar refractivity (Wildman–Crippen MR) is 93.1 cm³/mol. The topological polar surface area (TPSA) is 101 Å². The molecule has 0 spiro atoms. The van der Waals surface area contributed by atoms with Crippen LogP contribution < -0.4 is 11.1 Å². The van der Waals surface area contributed by atoms with Gasteiger partial charge in [-0.25, -0.2) is 9.97 Å². The number of benzene rings is 1. The monoisotopic (exact) mass is 367 g/mol. The molecular weight excluding hydrogens is 353 g/mol. The number of halogens is 2. The van der Waals surface area contributed by atoms with Gasteiger partial charge in [-0.05, 0) is 19.1 Å². The molecule has 0 atom stereocenters. The number of aromatic nitrogens is 2. The van der Waals surface area contributed by atoms with Crippen molar-refractivity contribution in [1.82, 2.24) is 14.9 Å². The summed E-state index contributed by atoms with van der Waals surface area (Å²) in [5.74, 6) is -0.915. The zero-order valence-electron chi connectivity index (χ0n) is 12.8. The third-order valence-corrected chi connectivity index (χ3v) is 3.79. The molecule has 3 N–H and O–H groups in total. The Labute approximate surface area is 148 Å². The second kappa shape index (κ2) is 7.94. The summed E-state index contributed by atoms with van der Waals surface area (Å²) in [5.41, 5.74) is 5.95.